The molecule has 0 spiro atoms. The number of likely N-dealkylation sites (tertiary alicyclic amines) is 1. The molecular formula is C25H32N2O4. The highest BCUT2D eigenvalue weighted by molar-refractivity contribution is 5.89. The van der Waals surface area contributed by atoms with Crippen molar-refractivity contribution in [3.8, 4) is 11.5 Å². The van der Waals surface area contributed by atoms with Gasteiger partial charge in [0.2, 0.25) is 11.8 Å². The van der Waals surface area contributed by atoms with Gasteiger partial charge in [0.15, 0.2) is 11.5 Å². The topological polar surface area (TPSA) is 67.9 Å². The van der Waals surface area contributed by atoms with Gasteiger partial charge in [-0.25, -0.2) is 0 Å². The molecule has 1 saturated heterocycles. The molecule has 2 aromatic rings. The zero-order valence-electron chi connectivity index (χ0n) is 18.6. The maximum Gasteiger partial charge on any atom is 0.247 e. The van der Waals surface area contributed by atoms with E-state index in [1.54, 1.807) is 12.0 Å². The van der Waals surface area contributed by atoms with Gasteiger partial charge >= 0.3 is 0 Å². The largest absolute Gasteiger partial charge is 0.493 e. The first-order valence-electron chi connectivity index (χ1n) is 11.0. The molecule has 6 heteroatoms. The minimum Gasteiger partial charge on any atom is -0.493 e. The van der Waals surface area contributed by atoms with Crippen LogP contribution < -0.4 is 14.8 Å². The van der Waals surface area contributed by atoms with Gasteiger partial charge in [-0.1, -0.05) is 43.3 Å². The summed E-state index contributed by atoms with van der Waals surface area (Å²) in [5, 5.41) is 3.10. The van der Waals surface area contributed by atoms with Crippen LogP contribution in [0.15, 0.2) is 48.5 Å². The monoisotopic (exact) mass is 424 g/mol. The summed E-state index contributed by atoms with van der Waals surface area (Å²) < 4.78 is 11.2. The van der Waals surface area contributed by atoms with Crippen molar-refractivity contribution in [2.45, 2.75) is 51.6 Å². The first-order chi connectivity index (χ1) is 15.0. The summed E-state index contributed by atoms with van der Waals surface area (Å²) >= 11 is 0. The maximum absolute atomic E-state index is 13.4. The van der Waals surface area contributed by atoms with Crippen molar-refractivity contribution in [2.24, 2.45) is 0 Å². The van der Waals surface area contributed by atoms with Gasteiger partial charge in [0.05, 0.1) is 19.8 Å². The van der Waals surface area contributed by atoms with Crippen LogP contribution in [0.25, 0.3) is 0 Å². The first kappa shape index (κ1) is 22.7. The summed E-state index contributed by atoms with van der Waals surface area (Å²) in [6, 6.07) is 14.3. The predicted octanol–water partition coefficient (Wildman–Crippen LogP) is 4.42. The Hall–Kier alpha value is -3.02. The van der Waals surface area contributed by atoms with E-state index in [0.717, 1.165) is 30.4 Å². The van der Waals surface area contributed by atoms with Crippen LogP contribution in [0.2, 0.25) is 0 Å². The third-order valence-electron chi connectivity index (χ3n) is 5.54. The third kappa shape index (κ3) is 5.57. The lowest BCUT2D eigenvalue weighted by Gasteiger charge is -2.34. The van der Waals surface area contributed by atoms with Crippen LogP contribution in [-0.2, 0) is 9.59 Å². The Kier molecular flexibility index (Phi) is 7.93. The van der Waals surface area contributed by atoms with Crippen LogP contribution in [-0.4, -0.2) is 37.0 Å². The molecule has 1 aliphatic rings. The molecule has 0 radical (unpaired) electrons. The minimum absolute atomic E-state index is 0.0296. The molecule has 2 amide bonds. The molecule has 31 heavy (non-hydrogen) atoms. The molecule has 1 aliphatic heterocycles. The van der Waals surface area contributed by atoms with Crippen molar-refractivity contribution < 1.29 is 19.1 Å². The van der Waals surface area contributed by atoms with Gasteiger partial charge in [-0.15, -0.1) is 0 Å². The quantitative estimate of drug-likeness (QED) is 0.647. The van der Waals surface area contributed by atoms with Gasteiger partial charge in [0.25, 0.3) is 0 Å². The van der Waals surface area contributed by atoms with Gasteiger partial charge in [0, 0.05) is 13.0 Å². The zero-order chi connectivity index (χ0) is 22.2. The van der Waals surface area contributed by atoms with Crippen LogP contribution >= 0.6 is 0 Å². The number of piperidine rings is 1. The molecule has 1 heterocycles. The number of ether oxygens (including phenoxy) is 2. The summed E-state index contributed by atoms with van der Waals surface area (Å²) in [5.74, 6) is 1.17. The highest BCUT2D eigenvalue weighted by atomic mass is 16.5. The van der Waals surface area contributed by atoms with Crippen molar-refractivity contribution in [3.05, 3.63) is 59.7 Å². The molecule has 2 unspecified atom stereocenters. The van der Waals surface area contributed by atoms with Gasteiger partial charge in [0.1, 0.15) is 6.04 Å². The lowest BCUT2D eigenvalue weighted by Crippen LogP contribution is -2.46. The fourth-order valence-electron chi connectivity index (χ4n) is 3.87. The molecule has 1 N–H and O–H groups in total. The number of benzene rings is 2. The van der Waals surface area contributed by atoms with Crippen LogP contribution in [0.3, 0.4) is 0 Å². The van der Waals surface area contributed by atoms with E-state index in [2.05, 4.69) is 12.2 Å². The number of carbonyl (C=O) groups is 2. The Morgan fingerprint density at radius 3 is 2.55 bits per heavy atom. The second-order valence-electron chi connectivity index (χ2n) is 7.85. The first-order valence-corrected chi connectivity index (χ1v) is 11.0. The maximum atomic E-state index is 13.4. The van der Waals surface area contributed by atoms with Gasteiger partial charge in [-0.05, 0) is 49.4 Å². The van der Waals surface area contributed by atoms with Gasteiger partial charge < -0.3 is 19.7 Å². The Morgan fingerprint density at radius 2 is 1.87 bits per heavy atom. The van der Waals surface area contributed by atoms with Crippen LogP contribution in [0.5, 0.6) is 11.5 Å². The summed E-state index contributed by atoms with van der Waals surface area (Å²) in [6.45, 7) is 5.19. The summed E-state index contributed by atoms with van der Waals surface area (Å²) in [7, 11) is 1.61. The molecule has 0 aromatic heterocycles. The summed E-state index contributed by atoms with van der Waals surface area (Å²) in [6.07, 6.45) is 3.19. The van der Waals surface area contributed by atoms with Crippen LogP contribution in [0.4, 0.5) is 0 Å². The fraction of sp³-hybridized carbons (Fsp3) is 0.440. The van der Waals surface area contributed by atoms with E-state index in [9.17, 15) is 9.59 Å². The van der Waals surface area contributed by atoms with E-state index in [1.165, 1.54) is 0 Å². The van der Waals surface area contributed by atoms with Gasteiger partial charge in [-0.2, -0.15) is 0 Å². The summed E-state index contributed by atoms with van der Waals surface area (Å²) in [4.78, 5) is 27.7. The smallest absolute Gasteiger partial charge is 0.247 e. The Bertz CT molecular complexity index is 884. The number of rotatable bonds is 9. The number of hydrogen-bond donors (Lipinski definition) is 1. The molecular weight excluding hydrogens is 392 g/mol. The average Bonchev–Trinajstić information content (AvgIpc) is 2.79. The number of methoxy groups -OCH3 is 1. The van der Waals surface area contributed by atoms with Crippen LogP contribution in [0.1, 0.15) is 62.7 Å². The van der Waals surface area contributed by atoms with E-state index in [-0.39, 0.29) is 17.9 Å². The Morgan fingerprint density at radius 1 is 1.10 bits per heavy atom. The fourth-order valence-corrected chi connectivity index (χ4v) is 3.87. The molecule has 2 aromatic carbocycles. The molecule has 2 atom stereocenters. The Labute approximate surface area is 184 Å². The number of carbonyl (C=O) groups excluding carboxylic acids is 2. The zero-order valence-corrected chi connectivity index (χ0v) is 18.6. The third-order valence-corrected chi connectivity index (χ3v) is 5.54. The van der Waals surface area contributed by atoms with Crippen molar-refractivity contribution in [1.82, 2.24) is 10.2 Å². The molecule has 3 rings (SSSR count). The van der Waals surface area contributed by atoms with E-state index in [0.29, 0.717) is 31.1 Å². The van der Waals surface area contributed by atoms with E-state index >= 15 is 0 Å². The van der Waals surface area contributed by atoms with Crippen molar-refractivity contribution in [3.63, 3.8) is 0 Å². The molecule has 0 aliphatic carbocycles. The molecule has 166 valence electrons. The van der Waals surface area contributed by atoms with E-state index < -0.39 is 6.04 Å². The van der Waals surface area contributed by atoms with Crippen molar-refractivity contribution >= 4 is 11.8 Å². The van der Waals surface area contributed by atoms with E-state index in [4.69, 9.17) is 9.47 Å². The normalized spacial score (nSPS) is 15.8. The second-order valence-corrected chi connectivity index (χ2v) is 7.85. The molecule has 0 saturated carbocycles. The lowest BCUT2D eigenvalue weighted by atomic mass is 9.99. The number of nitrogens with one attached hydrogen (secondary N) is 1. The summed E-state index contributed by atoms with van der Waals surface area (Å²) in [5.41, 5.74) is 1.73. The highest BCUT2D eigenvalue weighted by Crippen LogP contribution is 2.31. The average molecular weight is 425 g/mol. The number of nitrogens with zero attached hydrogens (tertiary/aromatic N) is 1. The SMILES string of the molecule is CCCOc1ccc(C(C)NC(=O)C(c2ccccc2)N2CCCCC2=O)cc1OC. The molecule has 1 fully saturated rings. The van der Waals surface area contributed by atoms with Crippen molar-refractivity contribution in [1.29, 1.82) is 0 Å². The van der Waals surface area contributed by atoms with Crippen molar-refractivity contribution in [2.75, 3.05) is 20.3 Å². The Balaban J connectivity index is 1.80. The minimum atomic E-state index is -0.634. The lowest BCUT2D eigenvalue weighted by molar-refractivity contribution is -0.143. The number of hydrogen-bond acceptors (Lipinski definition) is 4. The van der Waals surface area contributed by atoms with Gasteiger partial charge in [-0.3, -0.25) is 9.59 Å². The molecule has 6 nitrogen and oxygen atoms in total. The van der Waals surface area contributed by atoms with Crippen LogP contribution in [0, 0.1) is 0 Å². The standard InChI is InChI=1S/C25H32N2O4/c1-4-16-31-21-14-13-20(17-22(21)30-3)18(2)26-25(29)24(19-10-6-5-7-11-19)27-15-9-8-12-23(27)28/h5-7,10-11,13-14,17-18,24H,4,8-9,12,15-16H2,1-3H3,(H,26,29). The predicted molar refractivity (Wildman–Crippen MR) is 120 cm³/mol. The number of amides is 2. The van der Waals surface area contributed by atoms with E-state index in [1.807, 2.05) is 55.5 Å². The second kappa shape index (κ2) is 10.8. The highest BCUT2D eigenvalue weighted by Gasteiger charge is 2.33. The molecule has 0 bridgehead atoms.